The number of halogens is 1. The minimum atomic E-state index is -0.731. The monoisotopic (exact) mass is 420 g/mol. The Kier molecular flexibility index (Phi) is 6.66. The number of anilines is 1. The van der Waals surface area contributed by atoms with E-state index in [-0.39, 0.29) is 22.0 Å². The minimum Gasteiger partial charge on any atom is -0.496 e. The highest BCUT2D eigenvalue weighted by atomic mass is 35.5. The van der Waals surface area contributed by atoms with Gasteiger partial charge in [0.25, 0.3) is 5.91 Å². The largest absolute Gasteiger partial charge is 0.496 e. The fraction of sp³-hybridized carbons (Fsp3) is 0.300. The Balaban J connectivity index is 1.47. The molecule has 1 aliphatic rings. The number of methoxy groups -OCH3 is 1. The second-order valence-corrected chi connectivity index (χ2v) is 6.64. The lowest BCUT2D eigenvalue weighted by Crippen LogP contribution is -2.30. The number of amides is 1. The third kappa shape index (κ3) is 5.23. The van der Waals surface area contributed by atoms with Crippen molar-refractivity contribution in [3.05, 3.63) is 46.5 Å². The van der Waals surface area contributed by atoms with E-state index >= 15 is 0 Å². The van der Waals surface area contributed by atoms with Crippen molar-refractivity contribution < 1.29 is 28.5 Å². The molecule has 1 amide bonds. The molecule has 9 heteroatoms. The molecule has 154 valence electrons. The van der Waals surface area contributed by atoms with Crippen LogP contribution in [-0.4, -0.2) is 45.4 Å². The molecule has 0 radical (unpaired) electrons. The number of fused-ring (bicyclic) bond motifs is 1. The Morgan fingerprint density at radius 1 is 1.17 bits per heavy atom. The normalized spacial score (nSPS) is 12.2. The van der Waals surface area contributed by atoms with Crippen LogP contribution in [-0.2, 0) is 16.0 Å². The smallest absolute Gasteiger partial charge is 0.342 e. The van der Waals surface area contributed by atoms with Gasteiger partial charge in [0.2, 0.25) is 0 Å². The number of esters is 1. The number of carbonyl (C=O) groups is 2. The van der Waals surface area contributed by atoms with Crippen LogP contribution in [0.25, 0.3) is 0 Å². The van der Waals surface area contributed by atoms with E-state index in [0.29, 0.717) is 37.7 Å². The molecule has 0 aromatic heterocycles. The van der Waals surface area contributed by atoms with Gasteiger partial charge in [-0.3, -0.25) is 4.79 Å². The number of hydrogen-bond acceptors (Lipinski definition) is 7. The lowest BCUT2D eigenvalue weighted by molar-refractivity contribution is -0.124. The van der Waals surface area contributed by atoms with Gasteiger partial charge in [0.1, 0.15) is 24.5 Å². The number of carbonyl (C=O) groups excluding carboxylic acids is 2. The fourth-order valence-corrected chi connectivity index (χ4v) is 2.91. The lowest BCUT2D eigenvalue weighted by Gasteiger charge is -2.18. The summed E-state index contributed by atoms with van der Waals surface area (Å²) in [5, 5.41) is 2.90. The van der Waals surface area contributed by atoms with E-state index in [4.69, 9.17) is 36.3 Å². The minimum absolute atomic E-state index is 0.0933. The zero-order valence-corrected chi connectivity index (χ0v) is 16.6. The van der Waals surface area contributed by atoms with Gasteiger partial charge in [-0.05, 0) is 30.2 Å². The summed E-state index contributed by atoms with van der Waals surface area (Å²) >= 11 is 5.94. The molecule has 0 spiro atoms. The quantitative estimate of drug-likeness (QED) is 0.522. The Bertz CT molecular complexity index is 918. The van der Waals surface area contributed by atoms with Crippen molar-refractivity contribution in [2.45, 2.75) is 6.42 Å². The molecule has 0 fully saturated rings. The number of nitrogens with two attached hydrogens (primary N) is 1. The van der Waals surface area contributed by atoms with E-state index in [1.165, 1.54) is 19.2 Å². The second-order valence-electron chi connectivity index (χ2n) is 6.23. The number of nitrogen functional groups attached to an aromatic ring is 1. The van der Waals surface area contributed by atoms with E-state index < -0.39 is 18.5 Å². The van der Waals surface area contributed by atoms with Gasteiger partial charge in [-0.15, -0.1) is 0 Å². The second kappa shape index (κ2) is 9.38. The van der Waals surface area contributed by atoms with Crippen molar-refractivity contribution in [2.24, 2.45) is 0 Å². The standard InChI is InChI=1S/C20H21ClN2O6/c1-26-17-10-15(22)14(21)9-13(17)20(25)29-11-19(24)23-5-4-12-2-3-16-18(8-12)28-7-6-27-16/h2-3,8-10H,4-7,11,22H2,1H3,(H,23,24). The Hall–Kier alpha value is -3.13. The molecule has 3 rings (SSSR count). The van der Waals surface area contributed by atoms with Crippen molar-refractivity contribution in [1.82, 2.24) is 5.32 Å². The molecule has 0 bridgehead atoms. The van der Waals surface area contributed by atoms with Crippen LogP contribution < -0.4 is 25.3 Å². The molecular weight excluding hydrogens is 400 g/mol. The third-order valence-electron chi connectivity index (χ3n) is 4.22. The summed E-state index contributed by atoms with van der Waals surface area (Å²) in [6.45, 7) is 1.01. The van der Waals surface area contributed by atoms with E-state index in [2.05, 4.69) is 5.32 Å². The maximum Gasteiger partial charge on any atom is 0.342 e. The van der Waals surface area contributed by atoms with Gasteiger partial charge in [-0.2, -0.15) is 0 Å². The molecule has 0 unspecified atom stereocenters. The first-order chi connectivity index (χ1) is 14.0. The van der Waals surface area contributed by atoms with Gasteiger partial charge < -0.3 is 30.0 Å². The first-order valence-corrected chi connectivity index (χ1v) is 9.31. The van der Waals surface area contributed by atoms with Gasteiger partial charge in [-0.25, -0.2) is 4.79 Å². The van der Waals surface area contributed by atoms with Crippen molar-refractivity contribution in [2.75, 3.05) is 39.2 Å². The van der Waals surface area contributed by atoms with E-state index in [0.717, 1.165) is 5.56 Å². The Morgan fingerprint density at radius 2 is 1.93 bits per heavy atom. The van der Waals surface area contributed by atoms with Gasteiger partial charge in [-0.1, -0.05) is 17.7 Å². The summed E-state index contributed by atoms with van der Waals surface area (Å²) in [6.07, 6.45) is 0.595. The number of nitrogens with one attached hydrogen (secondary N) is 1. The van der Waals surface area contributed by atoms with Crippen LogP contribution in [0.5, 0.6) is 17.2 Å². The summed E-state index contributed by atoms with van der Waals surface area (Å²) in [5.74, 6) is 0.484. The molecule has 1 aliphatic heterocycles. The number of rotatable bonds is 7. The third-order valence-corrected chi connectivity index (χ3v) is 4.54. The molecule has 0 saturated heterocycles. The average molecular weight is 421 g/mol. The Labute approximate surface area is 172 Å². The van der Waals surface area contributed by atoms with E-state index in [1.54, 1.807) is 0 Å². The molecule has 1 heterocycles. The molecule has 0 saturated carbocycles. The van der Waals surface area contributed by atoms with Crippen molar-refractivity contribution in [3.8, 4) is 17.2 Å². The average Bonchev–Trinajstić information content (AvgIpc) is 2.73. The molecular formula is C20H21ClN2O6. The van der Waals surface area contributed by atoms with E-state index in [1.807, 2.05) is 18.2 Å². The van der Waals surface area contributed by atoms with Crippen LogP contribution in [0.1, 0.15) is 15.9 Å². The highest BCUT2D eigenvalue weighted by Gasteiger charge is 2.18. The predicted octanol–water partition coefficient (Wildman–Crippen LogP) is 2.22. The summed E-state index contributed by atoms with van der Waals surface area (Å²) in [5.41, 5.74) is 7.05. The first-order valence-electron chi connectivity index (χ1n) is 8.93. The molecule has 8 nitrogen and oxygen atoms in total. The topological polar surface area (TPSA) is 109 Å². The van der Waals surface area contributed by atoms with E-state index in [9.17, 15) is 9.59 Å². The summed E-state index contributed by atoms with van der Waals surface area (Å²) in [7, 11) is 1.39. The fourth-order valence-electron chi connectivity index (χ4n) is 2.75. The van der Waals surface area contributed by atoms with Gasteiger partial charge in [0.15, 0.2) is 18.1 Å². The SMILES string of the molecule is COc1cc(N)c(Cl)cc1C(=O)OCC(=O)NCCc1ccc2c(c1)OCCO2. The van der Waals surface area contributed by atoms with Crippen LogP contribution in [0, 0.1) is 0 Å². The lowest BCUT2D eigenvalue weighted by atomic mass is 10.1. The van der Waals surface area contributed by atoms with Gasteiger partial charge >= 0.3 is 5.97 Å². The molecule has 29 heavy (non-hydrogen) atoms. The van der Waals surface area contributed by atoms with Crippen molar-refractivity contribution in [1.29, 1.82) is 0 Å². The van der Waals surface area contributed by atoms with Gasteiger partial charge in [0, 0.05) is 12.6 Å². The first kappa shape index (κ1) is 20.6. The van der Waals surface area contributed by atoms with Crippen LogP contribution in [0.2, 0.25) is 5.02 Å². The molecule has 2 aromatic rings. The molecule has 0 atom stereocenters. The number of benzene rings is 2. The predicted molar refractivity (Wildman–Crippen MR) is 107 cm³/mol. The number of ether oxygens (including phenoxy) is 4. The van der Waals surface area contributed by atoms with Gasteiger partial charge in [0.05, 0.1) is 17.8 Å². The Morgan fingerprint density at radius 3 is 2.69 bits per heavy atom. The van der Waals surface area contributed by atoms with Crippen LogP contribution in [0.4, 0.5) is 5.69 Å². The highest BCUT2D eigenvalue weighted by molar-refractivity contribution is 6.33. The van der Waals surface area contributed by atoms with Crippen molar-refractivity contribution >= 4 is 29.2 Å². The molecule has 3 N–H and O–H groups in total. The zero-order valence-electron chi connectivity index (χ0n) is 15.8. The highest BCUT2D eigenvalue weighted by Crippen LogP contribution is 2.31. The van der Waals surface area contributed by atoms with Crippen LogP contribution in [0.15, 0.2) is 30.3 Å². The van der Waals surface area contributed by atoms with Crippen molar-refractivity contribution in [3.63, 3.8) is 0 Å². The molecule has 0 aliphatic carbocycles. The maximum atomic E-state index is 12.2. The number of hydrogen-bond donors (Lipinski definition) is 2. The van der Waals surface area contributed by atoms with Crippen LogP contribution >= 0.6 is 11.6 Å². The maximum absolute atomic E-state index is 12.2. The summed E-state index contributed by atoms with van der Waals surface area (Å²) in [4.78, 5) is 24.2. The summed E-state index contributed by atoms with van der Waals surface area (Å²) in [6, 6.07) is 8.41. The zero-order chi connectivity index (χ0) is 20.8. The molecule has 2 aromatic carbocycles. The van der Waals surface area contributed by atoms with Crippen LogP contribution in [0.3, 0.4) is 0 Å². The summed E-state index contributed by atoms with van der Waals surface area (Å²) < 4.78 is 21.2.